The molecule has 0 atom stereocenters. The molecule has 0 unspecified atom stereocenters. The molecule has 2 rings (SSSR count). The molecule has 0 N–H and O–H groups in total. The second-order valence-electron chi connectivity index (χ2n) is 2.62. The number of rotatable bonds is 0. The Hall–Kier alpha value is -1.72. The summed E-state index contributed by atoms with van der Waals surface area (Å²) in [5.74, 6) is 0. The van der Waals surface area contributed by atoms with Gasteiger partial charge in [0.25, 0.3) is 0 Å². The van der Waals surface area contributed by atoms with Gasteiger partial charge in [-0.25, -0.2) is 4.79 Å². The Balaban J connectivity index is 3.07. The molecule has 0 aliphatic carbocycles. The number of hydrogen-bond acceptors (Lipinski definition) is 4. The molecule has 2 heterocycles. The molecule has 0 saturated carbocycles. The highest BCUT2D eigenvalue weighted by atomic mass is 16.2. The summed E-state index contributed by atoms with van der Waals surface area (Å²) >= 11 is 0. The highest BCUT2D eigenvalue weighted by Gasteiger charge is 2.05. The second kappa shape index (κ2) is 2.13. The molecule has 6 nitrogen and oxygen atoms in total. The van der Waals surface area contributed by atoms with Gasteiger partial charge in [-0.1, -0.05) is 0 Å². The minimum Gasteiger partial charge on any atom is -0.302 e. The predicted octanol–water partition coefficient (Wildman–Crippen LogP) is -0.869. The summed E-state index contributed by atoms with van der Waals surface area (Å²) in [7, 11) is 1.66. The molecular formula is C6H7N5O. The Morgan fingerprint density at radius 3 is 3.00 bits per heavy atom. The number of aromatic nitrogens is 5. The van der Waals surface area contributed by atoms with Gasteiger partial charge >= 0.3 is 5.69 Å². The molecule has 62 valence electrons. The maximum absolute atomic E-state index is 11.3. The van der Waals surface area contributed by atoms with E-state index in [1.165, 1.54) is 9.08 Å². The number of hydrogen-bond donors (Lipinski definition) is 0. The normalized spacial score (nSPS) is 10.8. The van der Waals surface area contributed by atoms with Crippen molar-refractivity contribution >= 4 is 5.65 Å². The van der Waals surface area contributed by atoms with Gasteiger partial charge in [0.05, 0.1) is 0 Å². The number of fused-ring (bicyclic) bond motifs is 1. The van der Waals surface area contributed by atoms with Crippen molar-refractivity contribution in [2.75, 3.05) is 0 Å². The molecule has 0 aliphatic rings. The Morgan fingerprint density at radius 1 is 1.50 bits per heavy atom. The van der Waals surface area contributed by atoms with E-state index in [0.29, 0.717) is 5.65 Å². The second-order valence-corrected chi connectivity index (χ2v) is 2.62. The van der Waals surface area contributed by atoms with Gasteiger partial charge in [0.15, 0.2) is 5.65 Å². The summed E-state index contributed by atoms with van der Waals surface area (Å²) < 4.78 is 2.62. The van der Waals surface area contributed by atoms with Crippen LogP contribution < -0.4 is 5.69 Å². The van der Waals surface area contributed by atoms with Crippen molar-refractivity contribution in [3.05, 3.63) is 22.2 Å². The van der Waals surface area contributed by atoms with Crippen molar-refractivity contribution in [2.24, 2.45) is 7.05 Å². The third kappa shape index (κ3) is 0.744. The van der Waals surface area contributed by atoms with Gasteiger partial charge in [0, 0.05) is 18.8 Å². The van der Waals surface area contributed by atoms with E-state index in [4.69, 9.17) is 0 Å². The molecule has 0 aliphatic heterocycles. The number of aryl methyl sites for hydroxylation is 2. The van der Waals surface area contributed by atoms with Crippen LogP contribution in [0.4, 0.5) is 0 Å². The molecule has 2 aromatic rings. The standard InChI is InChI=1S/C6H7N5O/c1-4-3-10(2)6(12)11-5(4)7-8-9-11/h3H,1-2H3. The van der Waals surface area contributed by atoms with Gasteiger partial charge in [-0.2, -0.15) is 0 Å². The van der Waals surface area contributed by atoms with Crippen LogP contribution in [0.3, 0.4) is 0 Å². The van der Waals surface area contributed by atoms with Crippen LogP contribution in [-0.2, 0) is 7.05 Å². The molecule has 0 bridgehead atoms. The van der Waals surface area contributed by atoms with E-state index in [-0.39, 0.29) is 5.69 Å². The van der Waals surface area contributed by atoms with E-state index in [1.807, 2.05) is 6.92 Å². The highest BCUT2D eigenvalue weighted by Crippen LogP contribution is 1.98. The number of nitrogens with zero attached hydrogens (tertiary/aromatic N) is 5. The fourth-order valence-corrected chi connectivity index (χ4v) is 1.11. The van der Waals surface area contributed by atoms with Crippen LogP contribution in [0.15, 0.2) is 11.0 Å². The third-order valence-electron chi connectivity index (χ3n) is 1.69. The molecular weight excluding hydrogens is 158 g/mol. The fourth-order valence-electron chi connectivity index (χ4n) is 1.11. The minimum atomic E-state index is -0.236. The Kier molecular flexibility index (Phi) is 1.24. The summed E-state index contributed by atoms with van der Waals surface area (Å²) in [6.07, 6.45) is 1.70. The summed E-state index contributed by atoms with van der Waals surface area (Å²) in [5, 5.41) is 10.7. The molecule has 0 aromatic carbocycles. The molecule has 0 amide bonds. The first-order chi connectivity index (χ1) is 5.70. The molecule has 6 heteroatoms. The molecule has 0 radical (unpaired) electrons. The monoisotopic (exact) mass is 165 g/mol. The number of tetrazole rings is 1. The van der Waals surface area contributed by atoms with Crippen LogP contribution in [0.1, 0.15) is 5.56 Å². The van der Waals surface area contributed by atoms with Crippen molar-refractivity contribution in [1.29, 1.82) is 0 Å². The van der Waals surface area contributed by atoms with Crippen molar-refractivity contribution in [2.45, 2.75) is 6.92 Å². The SMILES string of the molecule is Cc1cn(C)c(=O)n2nnnc12. The van der Waals surface area contributed by atoms with Crippen molar-refractivity contribution in [1.82, 2.24) is 24.6 Å². The smallest absolute Gasteiger partial charge is 0.302 e. The van der Waals surface area contributed by atoms with Gasteiger partial charge < -0.3 is 4.57 Å². The molecule has 0 spiro atoms. The first kappa shape index (κ1) is 6.96. The van der Waals surface area contributed by atoms with Crippen LogP contribution in [0.2, 0.25) is 0 Å². The van der Waals surface area contributed by atoms with Crippen LogP contribution in [0.5, 0.6) is 0 Å². The maximum atomic E-state index is 11.3. The largest absolute Gasteiger partial charge is 0.351 e. The lowest BCUT2D eigenvalue weighted by Gasteiger charge is -1.98. The molecule has 12 heavy (non-hydrogen) atoms. The van der Waals surface area contributed by atoms with E-state index in [0.717, 1.165) is 5.56 Å². The van der Waals surface area contributed by atoms with E-state index >= 15 is 0 Å². The average molecular weight is 165 g/mol. The van der Waals surface area contributed by atoms with E-state index in [9.17, 15) is 4.79 Å². The van der Waals surface area contributed by atoms with E-state index in [1.54, 1.807) is 13.2 Å². The third-order valence-corrected chi connectivity index (χ3v) is 1.69. The van der Waals surface area contributed by atoms with Crippen LogP contribution in [0, 0.1) is 6.92 Å². The molecule has 2 aromatic heterocycles. The Morgan fingerprint density at radius 2 is 2.25 bits per heavy atom. The van der Waals surface area contributed by atoms with Gasteiger partial charge in [0.2, 0.25) is 0 Å². The van der Waals surface area contributed by atoms with Gasteiger partial charge in [-0.15, -0.1) is 9.61 Å². The summed E-state index contributed by atoms with van der Waals surface area (Å²) in [6.45, 7) is 1.85. The zero-order chi connectivity index (χ0) is 8.72. The Bertz CT molecular complexity index is 482. The quantitative estimate of drug-likeness (QED) is 0.509. The molecule has 0 saturated heterocycles. The Labute approximate surface area is 67.4 Å². The zero-order valence-electron chi connectivity index (χ0n) is 6.72. The van der Waals surface area contributed by atoms with Gasteiger partial charge in [-0.3, -0.25) is 0 Å². The predicted molar refractivity (Wildman–Crippen MR) is 40.8 cm³/mol. The van der Waals surface area contributed by atoms with E-state index in [2.05, 4.69) is 15.5 Å². The van der Waals surface area contributed by atoms with Crippen molar-refractivity contribution < 1.29 is 0 Å². The van der Waals surface area contributed by atoms with Crippen molar-refractivity contribution in [3.63, 3.8) is 0 Å². The zero-order valence-corrected chi connectivity index (χ0v) is 6.72. The first-order valence-corrected chi connectivity index (χ1v) is 3.44. The fraction of sp³-hybridized carbons (Fsp3) is 0.333. The van der Waals surface area contributed by atoms with Gasteiger partial charge in [-0.05, 0) is 17.4 Å². The summed E-state index contributed by atoms with van der Waals surface area (Å²) in [4.78, 5) is 11.3. The lowest BCUT2D eigenvalue weighted by atomic mass is 10.4. The first-order valence-electron chi connectivity index (χ1n) is 3.44. The highest BCUT2D eigenvalue weighted by molar-refractivity contribution is 5.42. The van der Waals surface area contributed by atoms with Crippen LogP contribution >= 0.6 is 0 Å². The summed E-state index contributed by atoms with van der Waals surface area (Å²) in [6, 6.07) is 0. The average Bonchev–Trinajstić information content (AvgIpc) is 2.48. The molecule has 0 fully saturated rings. The van der Waals surface area contributed by atoms with Crippen LogP contribution in [0.25, 0.3) is 5.65 Å². The van der Waals surface area contributed by atoms with Crippen molar-refractivity contribution in [3.8, 4) is 0 Å². The lowest BCUT2D eigenvalue weighted by Crippen LogP contribution is -2.25. The van der Waals surface area contributed by atoms with E-state index < -0.39 is 0 Å². The van der Waals surface area contributed by atoms with Crippen LogP contribution in [-0.4, -0.2) is 24.6 Å². The lowest BCUT2D eigenvalue weighted by molar-refractivity contribution is 0.709. The minimum absolute atomic E-state index is 0.236. The van der Waals surface area contributed by atoms with Gasteiger partial charge in [0.1, 0.15) is 0 Å². The topological polar surface area (TPSA) is 65.1 Å². The maximum Gasteiger partial charge on any atom is 0.351 e. The summed E-state index contributed by atoms with van der Waals surface area (Å²) in [5.41, 5.74) is 1.15.